The Labute approximate surface area is 199 Å². The van der Waals surface area contributed by atoms with Gasteiger partial charge in [0.25, 0.3) is 0 Å². The first kappa shape index (κ1) is 24.1. The number of hydrogen-bond acceptors (Lipinski definition) is 5. The van der Waals surface area contributed by atoms with Crippen LogP contribution in [-0.4, -0.2) is 39.5 Å². The molecule has 0 saturated heterocycles. The van der Waals surface area contributed by atoms with Gasteiger partial charge in [0, 0.05) is 30.9 Å². The third-order valence-electron chi connectivity index (χ3n) is 6.76. The van der Waals surface area contributed by atoms with Crippen LogP contribution in [0, 0.1) is 17.7 Å². The largest absolute Gasteiger partial charge is 0.481 e. The number of nitrogens with one attached hydrogen (secondary N) is 1. The zero-order valence-corrected chi connectivity index (χ0v) is 19.8. The Balaban J connectivity index is 1.68. The fourth-order valence-corrected chi connectivity index (χ4v) is 5.04. The number of aromatic nitrogens is 2. The maximum atomic E-state index is 15.4. The Morgan fingerprint density at radius 1 is 1.18 bits per heavy atom. The van der Waals surface area contributed by atoms with Crippen LogP contribution in [0.2, 0.25) is 0 Å². The lowest BCUT2D eigenvalue weighted by molar-refractivity contribution is -0.138. The van der Waals surface area contributed by atoms with Gasteiger partial charge >= 0.3 is 5.97 Å². The second-order valence-electron chi connectivity index (χ2n) is 9.99. The number of rotatable bonds is 9. The number of carbonyl (C=O) groups excluding carboxylic acids is 1. The number of carbonyl (C=O) groups is 2. The average Bonchev–Trinajstić information content (AvgIpc) is 3.61. The number of carboxylic acids is 1. The second kappa shape index (κ2) is 10.5. The zero-order valence-electron chi connectivity index (χ0n) is 19.8. The van der Waals surface area contributed by atoms with Gasteiger partial charge in [-0.1, -0.05) is 33.1 Å². The van der Waals surface area contributed by atoms with E-state index < -0.39 is 17.7 Å². The Morgan fingerprint density at radius 3 is 2.50 bits per heavy atom. The number of carboxylic acid groups (broad SMARTS) is 1. The highest BCUT2D eigenvalue weighted by Gasteiger charge is 2.46. The van der Waals surface area contributed by atoms with Gasteiger partial charge in [-0.2, -0.15) is 0 Å². The number of aliphatic carboxylic acids is 1. The lowest BCUT2D eigenvalue weighted by atomic mass is 9.92. The van der Waals surface area contributed by atoms with E-state index in [-0.39, 0.29) is 24.3 Å². The Bertz CT molecular complexity index is 1020. The van der Waals surface area contributed by atoms with Crippen molar-refractivity contribution in [1.82, 2.24) is 9.97 Å². The van der Waals surface area contributed by atoms with Crippen LogP contribution in [0.3, 0.4) is 0 Å². The summed E-state index contributed by atoms with van der Waals surface area (Å²) < 4.78 is 15.4. The number of halogens is 1. The van der Waals surface area contributed by atoms with E-state index in [0.29, 0.717) is 34.8 Å². The molecular weight excluding hydrogens is 435 g/mol. The predicted molar refractivity (Wildman–Crippen MR) is 128 cm³/mol. The van der Waals surface area contributed by atoms with Crippen LogP contribution in [0.5, 0.6) is 0 Å². The molecule has 2 atom stereocenters. The van der Waals surface area contributed by atoms with Crippen molar-refractivity contribution >= 4 is 23.3 Å². The van der Waals surface area contributed by atoms with Crippen LogP contribution in [-0.2, 0) is 16.0 Å². The number of nitrogens with zero attached hydrogens (tertiary/aromatic N) is 3. The molecule has 1 aromatic carbocycles. The van der Waals surface area contributed by atoms with E-state index in [4.69, 9.17) is 0 Å². The van der Waals surface area contributed by atoms with Gasteiger partial charge in [-0.3, -0.25) is 9.59 Å². The van der Waals surface area contributed by atoms with Crippen molar-refractivity contribution in [3.05, 3.63) is 47.8 Å². The molecule has 2 saturated carbocycles. The normalized spacial score (nSPS) is 20.2. The summed E-state index contributed by atoms with van der Waals surface area (Å²) in [6.07, 6.45) is 10.7. The lowest BCUT2D eigenvalue weighted by Crippen LogP contribution is -2.40. The molecule has 2 aromatic rings. The van der Waals surface area contributed by atoms with Gasteiger partial charge in [-0.15, -0.1) is 0 Å². The highest BCUT2D eigenvalue weighted by atomic mass is 19.1. The first-order valence-electron chi connectivity index (χ1n) is 12.2. The van der Waals surface area contributed by atoms with Gasteiger partial charge in [0.1, 0.15) is 12.1 Å². The molecule has 0 aliphatic heterocycles. The minimum atomic E-state index is -0.910. The molecule has 2 fully saturated rings. The first-order valence-corrected chi connectivity index (χ1v) is 12.2. The Morgan fingerprint density at radius 2 is 1.88 bits per heavy atom. The molecule has 2 aliphatic rings. The fraction of sp³-hybridized carbons (Fsp3) is 0.538. The summed E-state index contributed by atoms with van der Waals surface area (Å²) in [7, 11) is 0. The van der Waals surface area contributed by atoms with Gasteiger partial charge in [0.05, 0.1) is 23.7 Å². The second-order valence-corrected chi connectivity index (χ2v) is 9.99. The molecule has 2 aliphatic carbocycles. The molecule has 4 rings (SSSR count). The summed E-state index contributed by atoms with van der Waals surface area (Å²) in [5.41, 5.74) is 2.26. The maximum Gasteiger partial charge on any atom is 0.307 e. The van der Waals surface area contributed by atoms with E-state index in [2.05, 4.69) is 34.0 Å². The van der Waals surface area contributed by atoms with Crippen molar-refractivity contribution in [1.29, 1.82) is 0 Å². The van der Waals surface area contributed by atoms with Crippen molar-refractivity contribution in [3.63, 3.8) is 0 Å². The van der Waals surface area contributed by atoms with Crippen LogP contribution >= 0.6 is 0 Å². The molecular formula is C26H33FN4O3. The summed E-state index contributed by atoms with van der Waals surface area (Å²) in [4.78, 5) is 34.5. The van der Waals surface area contributed by atoms with Gasteiger partial charge in [0.2, 0.25) is 5.91 Å². The smallest absolute Gasteiger partial charge is 0.307 e. The summed E-state index contributed by atoms with van der Waals surface area (Å²) in [6, 6.07) is 3.45. The van der Waals surface area contributed by atoms with E-state index in [1.165, 1.54) is 18.8 Å². The quantitative estimate of drug-likeness (QED) is 0.550. The standard InChI is InChI=1S/C26H33FN4O3/c1-16(2)14-31(18-6-4-3-5-7-18)24-11-22(27)20(19-9-21(19)26(33)34)10-23(24)30-25(32)8-17-12-28-15-29-13-17/h10-13,15-16,18-19,21H,3-9,14H2,1-2H3,(H,30,32)(H,33,34)/t19-,21-/m0/s1. The third-order valence-corrected chi connectivity index (χ3v) is 6.76. The van der Waals surface area contributed by atoms with E-state index in [9.17, 15) is 14.7 Å². The van der Waals surface area contributed by atoms with Gasteiger partial charge in [-0.05, 0) is 48.4 Å². The van der Waals surface area contributed by atoms with Crippen LogP contribution < -0.4 is 10.2 Å². The Hall–Kier alpha value is -3.03. The molecule has 0 unspecified atom stereocenters. The van der Waals surface area contributed by atoms with E-state index in [1.54, 1.807) is 18.5 Å². The van der Waals surface area contributed by atoms with Gasteiger partial charge in [0.15, 0.2) is 0 Å². The van der Waals surface area contributed by atoms with E-state index in [1.807, 2.05) is 0 Å². The van der Waals surface area contributed by atoms with Gasteiger partial charge in [-0.25, -0.2) is 14.4 Å². The molecule has 1 amide bonds. The predicted octanol–water partition coefficient (Wildman–Crippen LogP) is 4.78. The molecule has 2 N–H and O–H groups in total. The summed E-state index contributed by atoms with van der Waals surface area (Å²) in [6.45, 7) is 5.02. The summed E-state index contributed by atoms with van der Waals surface area (Å²) >= 11 is 0. The van der Waals surface area contributed by atoms with E-state index in [0.717, 1.165) is 32.2 Å². The highest BCUT2D eigenvalue weighted by molar-refractivity contribution is 5.96. The number of anilines is 2. The van der Waals surface area contributed by atoms with Crippen molar-refractivity contribution in [2.45, 2.75) is 70.8 Å². The van der Waals surface area contributed by atoms with Crippen molar-refractivity contribution in [2.24, 2.45) is 11.8 Å². The third kappa shape index (κ3) is 5.72. The van der Waals surface area contributed by atoms with Crippen molar-refractivity contribution in [2.75, 3.05) is 16.8 Å². The monoisotopic (exact) mass is 468 g/mol. The van der Waals surface area contributed by atoms with Crippen molar-refractivity contribution in [3.8, 4) is 0 Å². The minimum Gasteiger partial charge on any atom is -0.481 e. The molecule has 34 heavy (non-hydrogen) atoms. The molecule has 182 valence electrons. The molecule has 1 heterocycles. The summed E-state index contributed by atoms with van der Waals surface area (Å²) in [5, 5.41) is 12.4. The minimum absolute atomic E-state index is 0.0990. The molecule has 0 radical (unpaired) electrons. The molecule has 8 heteroatoms. The number of amides is 1. The van der Waals surface area contributed by atoms with Crippen LogP contribution in [0.4, 0.5) is 15.8 Å². The molecule has 1 aromatic heterocycles. The topological polar surface area (TPSA) is 95.4 Å². The van der Waals surface area contributed by atoms with E-state index >= 15 is 4.39 Å². The van der Waals surface area contributed by atoms with Gasteiger partial charge < -0.3 is 15.3 Å². The molecule has 0 bridgehead atoms. The number of hydrogen-bond donors (Lipinski definition) is 2. The highest BCUT2D eigenvalue weighted by Crippen LogP contribution is 2.50. The maximum absolute atomic E-state index is 15.4. The van der Waals surface area contributed by atoms with Crippen LogP contribution in [0.15, 0.2) is 30.9 Å². The zero-order chi connectivity index (χ0) is 24.2. The fourth-order valence-electron chi connectivity index (χ4n) is 5.04. The number of benzene rings is 1. The average molecular weight is 469 g/mol. The Kier molecular flexibility index (Phi) is 7.44. The van der Waals surface area contributed by atoms with Crippen molar-refractivity contribution < 1.29 is 19.1 Å². The molecule has 0 spiro atoms. The summed E-state index contributed by atoms with van der Waals surface area (Å²) in [5.74, 6) is -2.13. The van der Waals surface area contributed by atoms with Crippen LogP contribution in [0.25, 0.3) is 0 Å². The SMILES string of the molecule is CC(C)CN(c1cc(F)c([C@@H]2C[C@@H]2C(=O)O)cc1NC(=O)Cc1cncnc1)C1CCCCC1. The lowest BCUT2D eigenvalue weighted by Gasteiger charge is -2.38. The first-order chi connectivity index (χ1) is 16.3. The van der Waals surface area contributed by atoms with Crippen LogP contribution in [0.1, 0.15) is 69.4 Å². The molecule has 7 nitrogen and oxygen atoms in total.